The molecule has 1 N–H and O–H groups in total. The first-order valence-corrected chi connectivity index (χ1v) is 8.28. The Labute approximate surface area is 127 Å². The van der Waals surface area contributed by atoms with Gasteiger partial charge in [0, 0.05) is 25.3 Å². The molecule has 4 heteroatoms. The second kappa shape index (κ2) is 6.48. The van der Waals surface area contributed by atoms with E-state index in [0.717, 1.165) is 31.7 Å². The molecule has 2 heterocycles. The van der Waals surface area contributed by atoms with E-state index in [-0.39, 0.29) is 0 Å². The van der Waals surface area contributed by atoms with Crippen molar-refractivity contribution in [2.75, 3.05) is 18.0 Å². The first-order valence-electron chi connectivity index (χ1n) is 8.28. The largest absolute Gasteiger partial charge is 0.352 e. The second-order valence-corrected chi connectivity index (χ2v) is 5.91. The van der Waals surface area contributed by atoms with Gasteiger partial charge >= 0.3 is 0 Å². The maximum absolute atomic E-state index is 4.92. The van der Waals surface area contributed by atoms with Gasteiger partial charge < -0.3 is 14.6 Å². The lowest BCUT2D eigenvalue weighted by atomic mass is 10.3. The highest BCUT2D eigenvalue weighted by atomic mass is 15.3. The zero-order chi connectivity index (χ0) is 14.7. The summed E-state index contributed by atoms with van der Waals surface area (Å²) >= 11 is 0. The number of hydrogen-bond acceptors (Lipinski definition) is 3. The minimum atomic E-state index is 0.708. The van der Waals surface area contributed by atoms with Crippen LogP contribution in [0.3, 0.4) is 0 Å². The van der Waals surface area contributed by atoms with E-state index in [2.05, 4.69) is 52.9 Å². The van der Waals surface area contributed by atoms with E-state index in [1.165, 1.54) is 30.8 Å². The minimum Gasteiger partial charge on any atom is -0.352 e. The molecule has 2 aromatic heterocycles. The van der Waals surface area contributed by atoms with Crippen molar-refractivity contribution < 1.29 is 0 Å². The Morgan fingerprint density at radius 3 is 2.86 bits per heavy atom. The summed E-state index contributed by atoms with van der Waals surface area (Å²) in [6.07, 6.45) is 7.09. The summed E-state index contributed by atoms with van der Waals surface area (Å²) in [5.74, 6) is 1.19. The zero-order valence-electron chi connectivity index (χ0n) is 13.2. The van der Waals surface area contributed by atoms with E-state index in [0.29, 0.717) is 6.04 Å². The van der Waals surface area contributed by atoms with Crippen LogP contribution in [0.1, 0.15) is 45.2 Å². The number of rotatable bonds is 8. The molecule has 1 saturated carbocycles. The van der Waals surface area contributed by atoms with Gasteiger partial charge in [-0.1, -0.05) is 19.9 Å². The number of nitrogens with zero attached hydrogens (tertiary/aromatic N) is 3. The number of nitrogens with one attached hydrogen (secondary N) is 1. The van der Waals surface area contributed by atoms with Gasteiger partial charge in [0.25, 0.3) is 0 Å². The van der Waals surface area contributed by atoms with Crippen molar-refractivity contribution in [2.45, 2.75) is 52.1 Å². The van der Waals surface area contributed by atoms with Crippen LogP contribution >= 0.6 is 0 Å². The average Bonchev–Trinajstić information content (AvgIpc) is 3.28. The smallest absolute Gasteiger partial charge is 0.152 e. The maximum atomic E-state index is 4.92. The molecule has 114 valence electrons. The van der Waals surface area contributed by atoms with Gasteiger partial charge in [0.15, 0.2) is 5.82 Å². The normalized spacial score (nSPS) is 14.8. The number of hydrogen-bond donors (Lipinski definition) is 1. The van der Waals surface area contributed by atoms with Gasteiger partial charge in [-0.3, -0.25) is 0 Å². The van der Waals surface area contributed by atoms with Crippen LogP contribution in [0, 0.1) is 0 Å². The van der Waals surface area contributed by atoms with Gasteiger partial charge in [-0.2, -0.15) is 0 Å². The Morgan fingerprint density at radius 1 is 1.29 bits per heavy atom. The third-order valence-corrected chi connectivity index (χ3v) is 4.05. The fourth-order valence-corrected chi connectivity index (χ4v) is 2.90. The van der Waals surface area contributed by atoms with Crippen LogP contribution in [0.5, 0.6) is 0 Å². The topological polar surface area (TPSA) is 32.6 Å². The highest BCUT2D eigenvalue weighted by Crippen LogP contribution is 2.33. The van der Waals surface area contributed by atoms with E-state index >= 15 is 0 Å². The summed E-state index contributed by atoms with van der Waals surface area (Å²) < 4.78 is 2.24. The summed E-state index contributed by atoms with van der Waals surface area (Å²) in [4.78, 5) is 7.44. The predicted octanol–water partition coefficient (Wildman–Crippen LogP) is 3.21. The maximum Gasteiger partial charge on any atom is 0.152 e. The van der Waals surface area contributed by atoms with E-state index < -0.39 is 0 Å². The van der Waals surface area contributed by atoms with Crippen LogP contribution < -0.4 is 10.2 Å². The summed E-state index contributed by atoms with van der Waals surface area (Å²) in [7, 11) is 0. The quantitative estimate of drug-likeness (QED) is 0.756. The van der Waals surface area contributed by atoms with Crippen molar-refractivity contribution in [3.8, 4) is 0 Å². The molecule has 0 aliphatic heterocycles. The van der Waals surface area contributed by atoms with Crippen LogP contribution in [0.15, 0.2) is 24.4 Å². The zero-order valence-corrected chi connectivity index (χ0v) is 13.2. The third-order valence-electron chi connectivity index (χ3n) is 4.05. The fourth-order valence-electron chi connectivity index (χ4n) is 2.90. The van der Waals surface area contributed by atoms with Crippen molar-refractivity contribution >= 4 is 11.5 Å². The summed E-state index contributed by atoms with van der Waals surface area (Å²) in [5.41, 5.74) is 2.36. The number of pyridine rings is 1. The molecule has 0 atom stereocenters. The van der Waals surface area contributed by atoms with Gasteiger partial charge in [0.2, 0.25) is 0 Å². The standard InChI is InChI=1S/C17H26N4/c1-3-10-18-13-15-17(20(11-4-2)14-8-9-14)19-16-7-5-6-12-21(15)16/h5-7,12,14,18H,3-4,8-11,13H2,1-2H3. The minimum absolute atomic E-state index is 0.708. The Kier molecular flexibility index (Phi) is 4.44. The lowest BCUT2D eigenvalue weighted by molar-refractivity contribution is 0.654. The molecule has 0 unspecified atom stereocenters. The molecule has 0 radical (unpaired) electrons. The molecule has 1 fully saturated rings. The molecule has 0 aromatic carbocycles. The predicted molar refractivity (Wildman–Crippen MR) is 87.8 cm³/mol. The average molecular weight is 286 g/mol. The van der Waals surface area contributed by atoms with Gasteiger partial charge in [0.05, 0.1) is 5.69 Å². The monoisotopic (exact) mass is 286 g/mol. The van der Waals surface area contributed by atoms with Crippen molar-refractivity contribution in [2.24, 2.45) is 0 Å². The van der Waals surface area contributed by atoms with Gasteiger partial charge in [-0.25, -0.2) is 4.98 Å². The Hall–Kier alpha value is -1.55. The lowest BCUT2D eigenvalue weighted by Gasteiger charge is -2.23. The van der Waals surface area contributed by atoms with Crippen molar-refractivity contribution in [1.29, 1.82) is 0 Å². The molecule has 0 amide bonds. The lowest BCUT2D eigenvalue weighted by Crippen LogP contribution is -2.29. The van der Waals surface area contributed by atoms with Crippen LogP contribution in [0.4, 0.5) is 5.82 Å². The Bertz CT molecular complexity index is 585. The van der Waals surface area contributed by atoms with E-state index in [1.54, 1.807) is 0 Å². The molecular formula is C17H26N4. The van der Waals surface area contributed by atoms with Crippen molar-refractivity contribution in [3.05, 3.63) is 30.1 Å². The molecule has 1 aliphatic carbocycles. The van der Waals surface area contributed by atoms with E-state index in [1.807, 2.05) is 0 Å². The molecule has 4 nitrogen and oxygen atoms in total. The van der Waals surface area contributed by atoms with E-state index in [4.69, 9.17) is 4.98 Å². The van der Waals surface area contributed by atoms with Crippen LogP contribution in [0.2, 0.25) is 0 Å². The molecule has 21 heavy (non-hydrogen) atoms. The molecule has 2 aromatic rings. The SMILES string of the molecule is CCCNCc1c(N(CCC)C2CC2)nc2ccccn12. The number of fused-ring (bicyclic) bond motifs is 1. The molecular weight excluding hydrogens is 260 g/mol. The first-order chi connectivity index (χ1) is 10.3. The summed E-state index contributed by atoms with van der Waals surface area (Å²) in [6, 6.07) is 6.96. The van der Waals surface area contributed by atoms with Gasteiger partial charge in [-0.05, 0) is 44.4 Å². The third kappa shape index (κ3) is 3.05. The van der Waals surface area contributed by atoms with Gasteiger partial charge in [0.1, 0.15) is 5.65 Å². The molecule has 0 saturated heterocycles. The van der Waals surface area contributed by atoms with Crippen molar-refractivity contribution in [3.63, 3.8) is 0 Å². The highest BCUT2D eigenvalue weighted by Gasteiger charge is 2.31. The Balaban J connectivity index is 1.96. The second-order valence-electron chi connectivity index (χ2n) is 5.91. The first kappa shape index (κ1) is 14.4. The fraction of sp³-hybridized carbons (Fsp3) is 0.588. The van der Waals surface area contributed by atoms with Crippen molar-refractivity contribution in [1.82, 2.24) is 14.7 Å². The molecule has 3 rings (SSSR count). The van der Waals surface area contributed by atoms with E-state index in [9.17, 15) is 0 Å². The summed E-state index contributed by atoms with van der Waals surface area (Å²) in [6.45, 7) is 7.50. The number of imidazole rings is 1. The molecule has 1 aliphatic rings. The highest BCUT2D eigenvalue weighted by molar-refractivity contribution is 5.57. The van der Waals surface area contributed by atoms with Crippen LogP contribution in [-0.2, 0) is 6.54 Å². The number of anilines is 1. The summed E-state index contributed by atoms with van der Waals surface area (Å²) in [5, 5.41) is 3.54. The molecule has 0 spiro atoms. The molecule has 0 bridgehead atoms. The Morgan fingerprint density at radius 2 is 2.14 bits per heavy atom. The number of aromatic nitrogens is 2. The van der Waals surface area contributed by atoms with Crippen LogP contribution in [0.25, 0.3) is 5.65 Å². The van der Waals surface area contributed by atoms with Gasteiger partial charge in [-0.15, -0.1) is 0 Å². The van der Waals surface area contributed by atoms with Crippen LogP contribution in [-0.4, -0.2) is 28.5 Å².